The minimum Gasteiger partial charge on any atom is -0.465 e. The van der Waals surface area contributed by atoms with Crippen LogP contribution in [-0.4, -0.2) is 25.2 Å². The fourth-order valence-electron chi connectivity index (χ4n) is 1.41. The first-order chi connectivity index (χ1) is 9.34. The monoisotopic (exact) mass is 291 g/mol. The molecule has 0 aliphatic heterocycles. The molecule has 0 heterocycles. The summed E-state index contributed by atoms with van der Waals surface area (Å²) >= 11 is 0. The van der Waals surface area contributed by atoms with Gasteiger partial charge in [0.1, 0.15) is 6.04 Å². The van der Waals surface area contributed by atoms with E-state index in [1.165, 1.54) is 12.1 Å². The molecule has 2 N–H and O–H groups in total. The topological polar surface area (TPSA) is 61.5 Å². The average molecular weight is 291 g/mol. The second kappa shape index (κ2) is 7.25. The highest BCUT2D eigenvalue weighted by atomic mass is 19.4. The van der Waals surface area contributed by atoms with Gasteiger partial charge in [0.05, 0.1) is 25.4 Å². The van der Waals surface area contributed by atoms with Gasteiger partial charge in [-0.25, -0.2) is 0 Å². The summed E-state index contributed by atoms with van der Waals surface area (Å²) in [6.07, 6.45) is -4.36. The van der Waals surface area contributed by atoms with Gasteiger partial charge in [-0.05, 0) is 24.6 Å². The number of alkyl halides is 3. The third-order valence-electron chi connectivity index (χ3n) is 2.44. The molecule has 0 amide bonds. The van der Waals surface area contributed by atoms with Gasteiger partial charge in [-0.2, -0.15) is 13.2 Å². The molecule has 0 unspecified atom stereocenters. The SMILES string of the molecule is CCOC(=O)[C@@H](N)COCc1ccc(C(F)(F)F)cc1. The molecule has 0 aliphatic carbocycles. The van der Waals surface area contributed by atoms with Crippen LogP contribution in [0.15, 0.2) is 24.3 Å². The molecule has 1 aromatic carbocycles. The van der Waals surface area contributed by atoms with Crippen molar-refractivity contribution in [2.45, 2.75) is 25.7 Å². The predicted molar refractivity (Wildman–Crippen MR) is 65.7 cm³/mol. The molecule has 0 saturated heterocycles. The summed E-state index contributed by atoms with van der Waals surface area (Å²) in [5.41, 5.74) is 5.35. The van der Waals surface area contributed by atoms with Gasteiger partial charge in [0.15, 0.2) is 0 Å². The number of halogens is 3. The Labute approximate surface area is 114 Å². The highest BCUT2D eigenvalue weighted by Gasteiger charge is 2.29. The summed E-state index contributed by atoms with van der Waals surface area (Å²) < 4.78 is 46.9. The van der Waals surface area contributed by atoms with E-state index in [9.17, 15) is 18.0 Å². The fraction of sp³-hybridized carbons (Fsp3) is 0.462. The summed E-state index contributed by atoms with van der Waals surface area (Å²) in [4.78, 5) is 11.2. The van der Waals surface area contributed by atoms with Gasteiger partial charge in [-0.15, -0.1) is 0 Å². The van der Waals surface area contributed by atoms with E-state index in [0.29, 0.717) is 5.56 Å². The van der Waals surface area contributed by atoms with Crippen LogP contribution in [0.25, 0.3) is 0 Å². The van der Waals surface area contributed by atoms with E-state index in [1.54, 1.807) is 6.92 Å². The summed E-state index contributed by atoms with van der Waals surface area (Å²) in [5, 5.41) is 0. The molecule has 4 nitrogen and oxygen atoms in total. The number of nitrogens with two attached hydrogens (primary N) is 1. The Hall–Kier alpha value is -1.60. The standard InChI is InChI=1S/C13H16F3NO3/c1-2-20-12(18)11(17)8-19-7-9-3-5-10(6-4-9)13(14,15)16/h3-6,11H,2,7-8,17H2,1H3/t11-/m0/s1. The molecular formula is C13H16F3NO3. The maximum absolute atomic E-state index is 12.3. The van der Waals surface area contributed by atoms with E-state index in [4.69, 9.17) is 15.2 Å². The van der Waals surface area contributed by atoms with Gasteiger partial charge in [0.25, 0.3) is 0 Å². The van der Waals surface area contributed by atoms with E-state index in [2.05, 4.69) is 0 Å². The third-order valence-corrected chi connectivity index (χ3v) is 2.44. The van der Waals surface area contributed by atoms with Crippen LogP contribution in [0.5, 0.6) is 0 Å². The van der Waals surface area contributed by atoms with Crippen LogP contribution in [0.4, 0.5) is 13.2 Å². The number of rotatable bonds is 6. The van der Waals surface area contributed by atoms with E-state index in [-0.39, 0.29) is 19.8 Å². The van der Waals surface area contributed by atoms with Crippen LogP contribution in [0, 0.1) is 0 Å². The van der Waals surface area contributed by atoms with E-state index in [0.717, 1.165) is 12.1 Å². The van der Waals surface area contributed by atoms with Crippen LogP contribution in [0.1, 0.15) is 18.1 Å². The quantitative estimate of drug-likeness (QED) is 0.815. The highest BCUT2D eigenvalue weighted by Crippen LogP contribution is 2.29. The van der Waals surface area contributed by atoms with Crippen LogP contribution in [0.2, 0.25) is 0 Å². The molecule has 0 fully saturated rings. The van der Waals surface area contributed by atoms with Crippen molar-refractivity contribution in [2.75, 3.05) is 13.2 Å². The van der Waals surface area contributed by atoms with E-state index >= 15 is 0 Å². The first kappa shape index (κ1) is 16.5. The van der Waals surface area contributed by atoms with Crippen LogP contribution in [-0.2, 0) is 27.1 Å². The predicted octanol–water partition coefficient (Wildman–Crippen LogP) is 2.11. The Bertz CT molecular complexity index is 431. The minimum absolute atomic E-state index is 0.0557. The summed E-state index contributed by atoms with van der Waals surface area (Å²) in [7, 11) is 0. The van der Waals surface area contributed by atoms with Gasteiger partial charge in [-0.3, -0.25) is 4.79 Å². The number of carbonyl (C=O) groups is 1. The Kier molecular flexibility index (Phi) is 5.97. The lowest BCUT2D eigenvalue weighted by Gasteiger charge is -2.11. The molecule has 0 aromatic heterocycles. The molecular weight excluding hydrogens is 275 g/mol. The highest BCUT2D eigenvalue weighted by molar-refractivity contribution is 5.75. The first-order valence-corrected chi connectivity index (χ1v) is 6.00. The summed E-state index contributed by atoms with van der Waals surface area (Å²) in [6, 6.07) is 3.69. The molecule has 0 aliphatic rings. The average Bonchev–Trinajstić information content (AvgIpc) is 2.38. The third kappa shape index (κ3) is 5.18. The molecule has 1 atom stereocenters. The number of hydrogen-bond donors (Lipinski definition) is 1. The van der Waals surface area contributed by atoms with Gasteiger partial charge < -0.3 is 15.2 Å². The number of ether oxygens (including phenoxy) is 2. The molecule has 1 aromatic rings. The lowest BCUT2D eigenvalue weighted by molar-refractivity contribution is -0.146. The van der Waals surface area contributed by atoms with Gasteiger partial charge in [0, 0.05) is 0 Å². The molecule has 1 rings (SSSR count). The Morgan fingerprint density at radius 3 is 2.40 bits per heavy atom. The van der Waals surface area contributed by atoms with E-state index < -0.39 is 23.8 Å². The first-order valence-electron chi connectivity index (χ1n) is 6.00. The minimum atomic E-state index is -4.36. The maximum Gasteiger partial charge on any atom is 0.416 e. The zero-order valence-corrected chi connectivity index (χ0v) is 10.9. The molecule has 0 radical (unpaired) electrons. The van der Waals surface area contributed by atoms with Gasteiger partial charge >= 0.3 is 12.1 Å². The van der Waals surface area contributed by atoms with Gasteiger partial charge in [-0.1, -0.05) is 12.1 Å². The summed E-state index contributed by atoms with van der Waals surface area (Å²) in [6.45, 7) is 1.91. The maximum atomic E-state index is 12.3. The van der Waals surface area contributed by atoms with Crippen molar-refractivity contribution < 1.29 is 27.4 Å². The lowest BCUT2D eigenvalue weighted by Crippen LogP contribution is -2.36. The Morgan fingerprint density at radius 2 is 1.90 bits per heavy atom. The molecule has 20 heavy (non-hydrogen) atoms. The van der Waals surface area contributed by atoms with Crippen LogP contribution >= 0.6 is 0 Å². The number of esters is 1. The molecule has 7 heteroatoms. The molecule has 0 spiro atoms. The van der Waals surface area contributed by atoms with Crippen molar-refractivity contribution in [3.8, 4) is 0 Å². The van der Waals surface area contributed by atoms with Gasteiger partial charge in [0.2, 0.25) is 0 Å². The van der Waals surface area contributed by atoms with Crippen molar-refractivity contribution in [3.63, 3.8) is 0 Å². The molecule has 0 saturated carbocycles. The van der Waals surface area contributed by atoms with Crippen LogP contribution in [0.3, 0.4) is 0 Å². The molecule has 112 valence electrons. The number of benzene rings is 1. The zero-order valence-electron chi connectivity index (χ0n) is 10.9. The smallest absolute Gasteiger partial charge is 0.416 e. The second-order valence-electron chi connectivity index (χ2n) is 4.07. The van der Waals surface area contributed by atoms with Crippen molar-refractivity contribution in [3.05, 3.63) is 35.4 Å². The fourth-order valence-corrected chi connectivity index (χ4v) is 1.41. The van der Waals surface area contributed by atoms with Crippen molar-refractivity contribution in [1.82, 2.24) is 0 Å². The number of hydrogen-bond acceptors (Lipinski definition) is 4. The van der Waals surface area contributed by atoms with E-state index in [1.807, 2.05) is 0 Å². The van der Waals surface area contributed by atoms with Crippen molar-refractivity contribution in [2.24, 2.45) is 5.73 Å². The Morgan fingerprint density at radius 1 is 1.30 bits per heavy atom. The largest absolute Gasteiger partial charge is 0.465 e. The molecule has 0 bridgehead atoms. The zero-order chi connectivity index (χ0) is 15.2. The van der Waals surface area contributed by atoms with Crippen LogP contribution < -0.4 is 5.73 Å². The Balaban J connectivity index is 2.41. The lowest BCUT2D eigenvalue weighted by atomic mass is 10.1. The van der Waals surface area contributed by atoms with Crippen molar-refractivity contribution >= 4 is 5.97 Å². The summed E-state index contributed by atoms with van der Waals surface area (Å²) in [5.74, 6) is -0.570. The normalized spacial score (nSPS) is 13.1. The second-order valence-corrected chi connectivity index (χ2v) is 4.07. The van der Waals surface area contributed by atoms with Crippen molar-refractivity contribution in [1.29, 1.82) is 0 Å². The number of carbonyl (C=O) groups excluding carboxylic acids is 1.